The molecule has 1 rings (SSSR count). The molecule has 0 atom stereocenters. The van der Waals surface area contributed by atoms with Crippen LogP contribution in [0.4, 0.5) is 5.69 Å². The molecule has 1 amide bonds. The van der Waals surface area contributed by atoms with E-state index in [4.69, 9.17) is 11.6 Å². The topological polar surface area (TPSA) is 41.1 Å². The van der Waals surface area contributed by atoms with Crippen molar-refractivity contribution in [2.75, 3.05) is 18.9 Å². The molecule has 0 saturated carbocycles. The molecule has 0 aliphatic heterocycles. The maximum atomic E-state index is 11.1. The van der Waals surface area contributed by atoms with Crippen LogP contribution in [0, 0.1) is 0 Å². The predicted octanol–water partition coefficient (Wildman–Crippen LogP) is 1.92. The molecule has 78 valence electrons. The first-order valence-corrected chi connectivity index (χ1v) is 4.30. The number of carbonyl (C=O) groups excluding carboxylic acids is 1. The monoisotopic (exact) mass is 234 g/mol. The number of anilines is 1. The molecule has 0 spiro atoms. The van der Waals surface area contributed by atoms with E-state index < -0.39 is 0 Å². The van der Waals surface area contributed by atoms with E-state index in [1.165, 1.54) is 0 Å². The quantitative estimate of drug-likeness (QED) is 0.840. The van der Waals surface area contributed by atoms with Crippen molar-refractivity contribution in [1.29, 1.82) is 0 Å². The molecule has 0 saturated heterocycles. The van der Waals surface area contributed by atoms with Gasteiger partial charge in [0.15, 0.2) is 0 Å². The van der Waals surface area contributed by atoms with Gasteiger partial charge in [0.1, 0.15) is 0 Å². The largest absolute Gasteiger partial charge is 0.325 e. The summed E-state index contributed by atoms with van der Waals surface area (Å²) in [7, 11) is 1.72. The molecule has 0 bridgehead atoms. The molecule has 1 aromatic carbocycles. The van der Waals surface area contributed by atoms with Crippen LogP contribution in [0.1, 0.15) is 0 Å². The van der Waals surface area contributed by atoms with Crippen molar-refractivity contribution in [2.24, 2.45) is 0 Å². The van der Waals surface area contributed by atoms with E-state index >= 15 is 0 Å². The van der Waals surface area contributed by atoms with Crippen LogP contribution in [0.25, 0.3) is 0 Å². The zero-order chi connectivity index (χ0) is 9.68. The Balaban J connectivity index is 0.00000169. The van der Waals surface area contributed by atoms with Crippen molar-refractivity contribution in [2.45, 2.75) is 0 Å². The van der Waals surface area contributed by atoms with E-state index in [9.17, 15) is 4.79 Å². The Morgan fingerprint density at radius 2 is 1.93 bits per heavy atom. The highest BCUT2D eigenvalue weighted by Crippen LogP contribution is 2.12. The summed E-state index contributed by atoms with van der Waals surface area (Å²) in [6, 6.07) is 6.98. The van der Waals surface area contributed by atoms with E-state index in [2.05, 4.69) is 10.6 Å². The number of hydrogen-bond acceptors (Lipinski definition) is 2. The summed E-state index contributed by atoms with van der Waals surface area (Å²) in [6.07, 6.45) is 0. The van der Waals surface area contributed by atoms with Crippen LogP contribution in [-0.2, 0) is 4.79 Å². The highest BCUT2D eigenvalue weighted by molar-refractivity contribution is 6.30. The van der Waals surface area contributed by atoms with E-state index in [1.807, 2.05) is 0 Å². The smallest absolute Gasteiger partial charge is 0.238 e. The maximum Gasteiger partial charge on any atom is 0.238 e. The molecule has 0 aliphatic rings. The molecule has 3 nitrogen and oxygen atoms in total. The van der Waals surface area contributed by atoms with Crippen molar-refractivity contribution in [1.82, 2.24) is 5.32 Å². The lowest BCUT2D eigenvalue weighted by atomic mass is 10.3. The fourth-order valence-electron chi connectivity index (χ4n) is 0.899. The van der Waals surface area contributed by atoms with Crippen LogP contribution in [0.3, 0.4) is 0 Å². The fraction of sp³-hybridized carbons (Fsp3) is 0.222. The first-order chi connectivity index (χ1) is 6.22. The third-order valence-corrected chi connectivity index (χ3v) is 1.72. The van der Waals surface area contributed by atoms with Gasteiger partial charge in [-0.3, -0.25) is 4.79 Å². The lowest BCUT2D eigenvalue weighted by molar-refractivity contribution is -0.115. The zero-order valence-corrected chi connectivity index (χ0v) is 9.28. The van der Waals surface area contributed by atoms with Gasteiger partial charge >= 0.3 is 0 Å². The summed E-state index contributed by atoms with van der Waals surface area (Å²) < 4.78 is 0. The fourth-order valence-corrected chi connectivity index (χ4v) is 1.02. The summed E-state index contributed by atoms with van der Waals surface area (Å²) in [4.78, 5) is 11.1. The molecule has 0 heterocycles. The SMILES string of the molecule is CNCC(=O)Nc1ccc(Cl)cc1.Cl. The van der Waals surface area contributed by atoms with Gasteiger partial charge in [0, 0.05) is 10.7 Å². The van der Waals surface area contributed by atoms with Gasteiger partial charge in [-0.25, -0.2) is 0 Å². The number of hydrogen-bond donors (Lipinski definition) is 2. The number of halogens is 2. The van der Waals surface area contributed by atoms with Crippen LogP contribution in [0.5, 0.6) is 0 Å². The van der Waals surface area contributed by atoms with Crippen molar-refractivity contribution < 1.29 is 4.79 Å². The number of carbonyl (C=O) groups is 1. The van der Waals surface area contributed by atoms with Gasteiger partial charge in [-0.1, -0.05) is 11.6 Å². The second kappa shape index (κ2) is 6.65. The number of likely N-dealkylation sites (N-methyl/N-ethyl adjacent to an activating group) is 1. The van der Waals surface area contributed by atoms with Crippen LogP contribution >= 0.6 is 24.0 Å². The minimum Gasteiger partial charge on any atom is -0.325 e. The summed E-state index contributed by atoms with van der Waals surface area (Å²) >= 11 is 5.68. The minimum absolute atomic E-state index is 0. The molecule has 5 heteroatoms. The first-order valence-electron chi connectivity index (χ1n) is 3.92. The summed E-state index contributed by atoms with van der Waals surface area (Å²) in [6.45, 7) is 0.308. The normalized spacial score (nSPS) is 9.00. The van der Waals surface area contributed by atoms with E-state index in [-0.39, 0.29) is 18.3 Å². The van der Waals surface area contributed by atoms with Gasteiger partial charge in [-0.05, 0) is 31.3 Å². The van der Waals surface area contributed by atoms with Gasteiger partial charge in [-0.15, -0.1) is 12.4 Å². The molecule has 2 N–H and O–H groups in total. The Hall–Kier alpha value is -0.770. The van der Waals surface area contributed by atoms with Crippen LogP contribution in [0.2, 0.25) is 5.02 Å². The van der Waals surface area contributed by atoms with Crippen molar-refractivity contribution in [3.8, 4) is 0 Å². The highest BCUT2D eigenvalue weighted by atomic mass is 35.5. The molecular weight excluding hydrogens is 223 g/mol. The van der Waals surface area contributed by atoms with Crippen molar-refractivity contribution in [3.05, 3.63) is 29.3 Å². The first kappa shape index (κ1) is 13.2. The van der Waals surface area contributed by atoms with Crippen molar-refractivity contribution in [3.63, 3.8) is 0 Å². The second-order valence-corrected chi connectivity index (χ2v) is 3.02. The Morgan fingerprint density at radius 1 is 1.36 bits per heavy atom. The van der Waals surface area contributed by atoms with Gasteiger partial charge in [0.05, 0.1) is 6.54 Å². The highest BCUT2D eigenvalue weighted by Gasteiger charge is 1.99. The van der Waals surface area contributed by atoms with Crippen LogP contribution in [0.15, 0.2) is 24.3 Å². The van der Waals surface area contributed by atoms with Crippen molar-refractivity contribution >= 4 is 35.6 Å². The third kappa shape index (κ3) is 4.46. The molecule has 1 aromatic rings. The Bertz CT molecular complexity index is 287. The van der Waals surface area contributed by atoms with Gasteiger partial charge in [0.2, 0.25) is 5.91 Å². The van der Waals surface area contributed by atoms with Gasteiger partial charge < -0.3 is 10.6 Å². The predicted molar refractivity (Wildman–Crippen MR) is 61.3 cm³/mol. The van der Waals surface area contributed by atoms with E-state index in [0.717, 1.165) is 5.69 Å². The summed E-state index contributed by atoms with van der Waals surface area (Å²) in [5, 5.41) is 6.13. The lowest BCUT2D eigenvalue weighted by Crippen LogP contribution is -2.24. The lowest BCUT2D eigenvalue weighted by Gasteiger charge is -2.03. The zero-order valence-electron chi connectivity index (χ0n) is 7.71. The third-order valence-electron chi connectivity index (χ3n) is 1.47. The molecule has 0 aliphatic carbocycles. The Kier molecular flexibility index (Phi) is 6.28. The molecule has 0 fully saturated rings. The Labute approximate surface area is 94.2 Å². The summed E-state index contributed by atoms with van der Waals surface area (Å²) in [5.41, 5.74) is 0.754. The summed E-state index contributed by atoms with van der Waals surface area (Å²) in [5.74, 6) is -0.0650. The van der Waals surface area contributed by atoms with Gasteiger partial charge in [0.25, 0.3) is 0 Å². The van der Waals surface area contributed by atoms with Gasteiger partial charge in [-0.2, -0.15) is 0 Å². The average Bonchev–Trinajstić information content (AvgIpc) is 2.09. The minimum atomic E-state index is -0.0650. The number of rotatable bonds is 3. The number of benzene rings is 1. The number of amides is 1. The number of nitrogens with one attached hydrogen (secondary N) is 2. The maximum absolute atomic E-state index is 11.1. The molecule has 0 aromatic heterocycles. The van der Waals surface area contributed by atoms with E-state index in [1.54, 1.807) is 31.3 Å². The van der Waals surface area contributed by atoms with E-state index in [0.29, 0.717) is 11.6 Å². The standard InChI is InChI=1S/C9H11ClN2O.ClH/c1-11-6-9(13)12-8-4-2-7(10)3-5-8;/h2-5,11H,6H2,1H3,(H,12,13);1H. The van der Waals surface area contributed by atoms with Crippen LogP contribution in [-0.4, -0.2) is 19.5 Å². The average molecular weight is 235 g/mol. The second-order valence-electron chi connectivity index (χ2n) is 2.59. The molecule has 14 heavy (non-hydrogen) atoms. The molecule has 0 radical (unpaired) electrons. The molecular formula is C9H12Cl2N2O. The Morgan fingerprint density at radius 3 is 2.43 bits per heavy atom. The molecule has 0 unspecified atom stereocenters. The van der Waals surface area contributed by atoms with Crippen LogP contribution < -0.4 is 10.6 Å².